The van der Waals surface area contributed by atoms with Gasteiger partial charge in [-0.05, 0) is 25.3 Å². The summed E-state index contributed by atoms with van der Waals surface area (Å²) in [7, 11) is 0. The van der Waals surface area contributed by atoms with Crippen LogP contribution in [0.3, 0.4) is 0 Å². The van der Waals surface area contributed by atoms with Crippen molar-refractivity contribution in [2.45, 2.75) is 44.6 Å². The Hall–Kier alpha value is -1.38. The summed E-state index contributed by atoms with van der Waals surface area (Å²) >= 11 is 0. The maximum absolute atomic E-state index is 11.0. The number of nitro groups is 1. The predicted molar refractivity (Wildman–Crippen MR) is 63.2 cm³/mol. The van der Waals surface area contributed by atoms with E-state index in [1.165, 1.54) is 5.56 Å². The first-order valence-electron chi connectivity index (χ1n) is 5.88. The zero-order valence-electron chi connectivity index (χ0n) is 9.56. The van der Waals surface area contributed by atoms with Crippen LogP contribution in [0.25, 0.3) is 0 Å². The summed E-state index contributed by atoms with van der Waals surface area (Å²) in [6, 6.07) is 7.79. The van der Waals surface area contributed by atoms with Crippen molar-refractivity contribution in [3.63, 3.8) is 0 Å². The summed E-state index contributed by atoms with van der Waals surface area (Å²) in [5.41, 5.74) is 2.34. The van der Waals surface area contributed by atoms with Gasteiger partial charge in [0.1, 0.15) is 0 Å². The molecule has 0 spiro atoms. The molecule has 3 heteroatoms. The lowest BCUT2D eigenvalue weighted by Crippen LogP contribution is -2.30. The van der Waals surface area contributed by atoms with Crippen LogP contribution in [-0.4, -0.2) is 11.0 Å². The summed E-state index contributed by atoms with van der Waals surface area (Å²) < 4.78 is 0. The molecule has 1 aliphatic carbocycles. The van der Waals surface area contributed by atoms with Crippen molar-refractivity contribution >= 4 is 0 Å². The van der Waals surface area contributed by atoms with Gasteiger partial charge in [-0.2, -0.15) is 0 Å². The van der Waals surface area contributed by atoms with Crippen LogP contribution in [0.2, 0.25) is 0 Å². The van der Waals surface area contributed by atoms with Gasteiger partial charge < -0.3 is 0 Å². The molecule has 3 nitrogen and oxygen atoms in total. The molecule has 0 aromatic heterocycles. The highest BCUT2D eigenvalue weighted by atomic mass is 16.6. The van der Waals surface area contributed by atoms with Gasteiger partial charge in [0.2, 0.25) is 6.04 Å². The monoisotopic (exact) mass is 219 g/mol. The van der Waals surface area contributed by atoms with E-state index in [0.717, 1.165) is 31.2 Å². The minimum absolute atomic E-state index is 0.0936. The SMILES string of the molecule is Cc1ccc([C@@H]2CCCC[C@@H]2[N+](=O)[O-])cc1. The number of rotatable bonds is 2. The molecule has 0 aliphatic heterocycles. The molecule has 0 saturated heterocycles. The fourth-order valence-corrected chi connectivity index (χ4v) is 2.57. The highest BCUT2D eigenvalue weighted by Gasteiger charge is 2.34. The third-order valence-electron chi connectivity index (χ3n) is 3.51. The molecule has 0 unspecified atom stereocenters. The van der Waals surface area contributed by atoms with E-state index in [9.17, 15) is 10.1 Å². The van der Waals surface area contributed by atoms with E-state index in [2.05, 4.69) is 0 Å². The lowest BCUT2D eigenvalue weighted by atomic mass is 9.80. The van der Waals surface area contributed by atoms with Crippen molar-refractivity contribution in [1.29, 1.82) is 0 Å². The maximum Gasteiger partial charge on any atom is 0.219 e. The Labute approximate surface area is 95.6 Å². The summed E-state index contributed by atoms with van der Waals surface area (Å²) in [6.07, 6.45) is 3.79. The molecule has 86 valence electrons. The van der Waals surface area contributed by atoms with Crippen LogP contribution in [0.4, 0.5) is 0 Å². The third-order valence-corrected chi connectivity index (χ3v) is 3.51. The van der Waals surface area contributed by atoms with Gasteiger partial charge in [0.15, 0.2) is 0 Å². The van der Waals surface area contributed by atoms with Gasteiger partial charge in [0.25, 0.3) is 0 Å². The van der Waals surface area contributed by atoms with Crippen molar-refractivity contribution < 1.29 is 4.92 Å². The Morgan fingerprint density at radius 2 is 1.81 bits per heavy atom. The number of benzene rings is 1. The average Bonchev–Trinajstić information content (AvgIpc) is 2.30. The molecule has 0 bridgehead atoms. The normalized spacial score (nSPS) is 25.3. The molecule has 1 aromatic carbocycles. The molecule has 2 atom stereocenters. The Morgan fingerprint density at radius 1 is 1.19 bits per heavy atom. The quantitative estimate of drug-likeness (QED) is 0.565. The molecular weight excluding hydrogens is 202 g/mol. The fraction of sp³-hybridized carbons (Fsp3) is 0.538. The van der Waals surface area contributed by atoms with E-state index in [1.807, 2.05) is 31.2 Å². The first-order valence-corrected chi connectivity index (χ1v) is 5.88. The third kappa shape index (κ3) is 2.23. The highest BCUT2D eigenvalue weighted by molar-refractivity contribution is 5.25. The van der Waals surface area contributed by atoms with Crippen molar-refractivity contribution in [2.75, 3.05) is 0 Å². The van der Waals surface area contributed by atoms with Crippen LogP contribution in [0.15, 0.2) is 24.3 Å². The standard InChI is InChI=1S/C13H17NO2/c1-10-6-8-11(9-7-10)12-4-2-3-5-13(12)14(15)16/h6-9,12-13H,2-5H2,1H3/t12-,13-/m0/s1. The van der Waals surface area contributed by atoms with Gasteiger partial charge in [-0.25, -0.2) is 0 Å². The zero-order chi connectivity index (χ0) is 11.5. The Balaban J connectivity index is 2.23. The molecule has 1 aromatic rings. The summed E-state index contributed by atoms with van der Waals surface area (Å²) in [5, 5.41) is 11.0. The molecule has 0 N–H and O–H groups in total. The van der Waals surface area contributed by atoms with Crippen molar-refractivity contribution in [3.05, 3.63) is 45.5 Å². The summed E-state index contributed by atoms with van der Waals surface area (Å²) in [4.78, 5) is 10.9. The van der Waals surface area contributed by atoms with Crippen LogP contribution in [0.5, 0.6) is 0 Å². The predicted octanol–water partition coefficient (Wildman–Crippen LogP) is 3.30. The topological polar surface area (TPSA) is 43.1 Å². The molecular formula is C13H17NO2. The molecule has 0 radical (unpaired) electrons. The van der Waals surface area contributed by atoms with E-state index in [0.29, 0.717) is 0 Å². The lowest BCUT2D eigenvalue weighted by Gasteiger charge is -2.25. The number of hydrogen-bond acceptors (Lipinski definition) is 2. The van der Waals surface area contributed by atoms with Gasteiger partial charge >= 0.3 is 0 Å². The van der Waals surface area contributed by atoms with E-state index in [4.69, 9.17) is 0 Å². The fourth-order valence-electron chi connectivity index (χ4n) is 2.57. The Bertz CT molecular complexity index is 372. The van der Waals surface area contributed by atoms with Crippen LogP contribution in [-0.2, 0) is 0 Å². The minimum Gasteiger partial charge on any atom is -0.264 e. The highest BCUT2D eigenvalue weighted by Crippen LogP contribution is 2.34. The second kappa shape index (κ2) is 4.64. The first-order chi connectivity index (χ1) is 7.68. The Morgan fingerprint density at radius 3 is 2.44 bits per heavy atom. The number of nitrogens with zero attached hydrogens (tertiary/aromatic N) is 1. The first kappa shape index (κ1) is 11.1. The molecule has 0 heterocycles. The zero-order valence-corrected chi connectivity index (χ0v) is 9.56. The van der Waals surface area contributed by atoms with Gasteiger partial charge in [-0.15, -0.1) is 0 Å². The van der Waals surface area contributed by atoms with Crippen LogP contribution >= 0.6 is 0 Å². The van der Waals surface area contributed by atoms with E-state index >= 15 is 0 Å². The molecule has 0 amide bonds. The smallest absolute Gasteiger partial charge is 0.219 e. The molecule has 16 heavy (non-hydrogen) atoms. The largest absolute Gasteiger partial charge is 0.264 e. The van der Waals surface area contributed by atoms with Gasteiger partial charge in [0.05, 0.1) is 5.92 Å². The van der Waals surface area contributed by atoms with Crippen molar-refractivity contribution in [3.8, 4) is 0 Å². The van der Waals surface area contributed by atoms with E-state index < -0.39 is 0 Å². The van der Waals surface area contributed by atoms with Crippen LogP contribution in [0.1, 0.15) is 42.7 Å². The van der Waals surface area contributed by atoms with Gasteiger partial charge in [-0.3, -0.25) is 10.1 Å². The molecule has 1 aliphatic rings. The molecule has 1 fully saturated rings. The van der Waals surface area contributed by atoms with Gasteiger partial charge in [-0.1, -0.05) is 36.2 Å². The Kier molecular flexibility index (Phi) is 3.22. The maximum atomic E-state index is 11.0. The number of aryl methyl sites for hydroxylation is 1. The van der Waals surface area contributed by atoms with E-state index in [1.54, 1.807) is 0 Å². The second-order valence-corrected chi connectivity index (χ2v) is 4.65. The van der Waals surface area contributed by atoms with Crippen molar-refractivity contribution in [1.82, 2.24) is 0 Å². The van der Waals surface area contributed by atoms with Gasteiger partial charge in [0, 0.05) is 11.3 Å². The summed E-state index contributed by atoms with van der Waals surface area (Å²) in [5.74, 6) is 0.115. The van der Waals surface area contributed by atoms with Crippen LogP contribution in [0, 0.1) is 17.0 Å². The molecule has 1 saturated carbocycles. The van der Waals surface area contributed by atoms with Crippen LogP contribution < -0.4 is 0 Å². The molecule has 2 rings (SSSR count). The van der Waals surface area contributed by atoms with Crippen molar-refractivity contribution in [2.24, 2.45) is 0 Å². The second-order valence-electron chi connectivity index (χ2n) is 4.65. The van der Waals surface area contributed by atoms with E-state index in [-0.39, 0.29) is 16.9 Å². The minimum atomic E-state index is -0.378. The number of hydrogen-bond donors (Lipinski definition) is 0. The summed E-state index contributed by atoms with van der Waals surface area (Å²) in [6.45, 7) is 2.04. The lowest BCUT2D eigenvalue weighted by molar-refractivity contribution is -0.530. The average molecular weight is 219 g/mol.